The summed E-state index contributed by atoms with van der Waals surface area (Å²) in [6, 6.07) is 5.98. The summed E-state index contributed by atoms with van der Waals surface area (Å²) >= 11 is 0. The number of aromatic nitrogens is 4. The van der Waals surface area contributed by atoms with Crippen molar-refractivity contribution in [1.82, 2.24) is 24.8 Å². The van der Waals surface area contributed by atoms with Crippen LogP contribution >= 0.6 is 0 Å². The molecule has 0 aromatic carbocycles. The third-order valence-corrected chi connectivity index (χ3v) is 9.11. The molecule has 3 heterocycles. The highest BCUT2D eigenvalue weighted by atomic mass is 32.2. The third-order valence-electron chi connectivity index (χ3n) is 7.40. The smallest absolute Gasteiger partial charge is 0.255 e. The van der Waals surface area contributed by atoms with E-state index in [-0.39, 0.29) is 35.3 Å². The third kappa shape index (κ3) is 6.38. The minimum absolute atomic E-state index is 0.0525. The lowest BCUT2D eigenvalue weighted by Gasteiger charge is -2.25. The molecule has 0 saturated heterocycles. The van der Waals surface area contributed by atoms with Crippen molar-refractivity contribution < 1.29 is 13.2 Å². The summed E-state index contributed by atoms with van der Waals surface area (Å²) in [4.78, 5) is 26.5. The number of allylic oxidation sites excluding steroid dienone is 1. The minimum Gasteiger partial charge on any atom is -0.404 e. The monoisotopic (exact) mass is 575 g/mol. The van der Waals surface area contributed by atoms with Gasteiger partial charge in [0.1, 0.15) is 11.6 Å². The van der Waals surface area contributed by atoms with Gasteiger partial charge in [0.15, 0.2) is 5.82 Å². The molecule has 2 fully saturated rings. The van der Waals surface area contributed by atoms with Gasteiger partial charge in [-0.15, -0.1) is 0 Å². The highest BCUT2D eigenvalue weighted by Gasteiger charge is 2.35. The van der Waals surface area contributed by atoms with E-state index in [4.69, 9.17) is 11.0 Å². The van der Waals surface area contributed by atoms with Crippen molar-refractivity contribution in [2.24, 2.45) is 16.0 Å². The van der Waals surface area contributed by atoms with E-state index >= 15 is 0 Å². The van der Waals surface area contributed by atoms with E-state index in [0.29, 0.717) is 30.0 Å². The van der Waals surface area contributed by atoms with E-state index in [9.17, 15) is 13.2 Å². The van der Waals surface area contributed by atoms with Gasteiger partial charge in [0.2, 0.25) is 0 Å². The molecule has 0 atom stereocenters. The lowest BCUT2D eigenvalue weighted by Crippen LogP contribution is -2.37. The van der Waals surface area contributed by atoms with Crippen molar-refractivity contribution in [3.63, 3.8) is 0 Å². The zero-order valence-corrected chi connectivity index (χ0v) is 23.8. The highest BCUT2D eigenvalue weighted by Crippen LogP contribution is 2.30. The average molecular weight is 576 g/mol. The molecule has 5 rings (SSSR count). The van der Waals surface area contributed by atoms with Crippen LogP contribution in [0.1, 0.15) is 74.6 Å². The normalized spacial score (nSPS) is 19.9. The molecule has 4 N–H and O–H groups in total. The first-order chi connectivity index (χ1) is 19.7. The van der Waals surface area contributed by atoms with Crippen LogP contribution in [-0.4, -0.2) is 51.4 Å². The number of nitrogens with two attached hydrogens (primary N) is 1. The van der Waals surface area contributed by atoms with E-state index < -0.39 is 15.3 Å². The summed E-state index contributed by atoms with van der Waals surface area (Å²) in [5, 5.41) is 15.8. The number of sulfonamides is 1. The van der Waals surface area contributed by atoms with E-state index in [1.807, 2.05) is 30.7 Å². The van der Waals surface area contributed by atoms with Crippen LogP contribution < -0.4 is 16.4 Å². The molecule has 2 saturated carbocycles. The van der Waals surface area contributed by atoms with Gasteiger partial charge >= 0.3 is 0 Å². The van der Waals surface area contributed by atoms with Crippen molar-refractivity contribution in [2.75, 3.05) is 5.32 Å². The van der Waals surface area contributed by atoms with Crippen LogP contribution in [0, 0.1) is 17.2 Å². The van der Waals surface area contributed by atoms with Gasteiger partial charge in [0.25, 0.3) is 15.9 Å². The quantitative estimate of drug-likeness (QED) is 0.319. The van der Waals surface area contributed by atoms with Gasteiger partial charge in [-0.2, -0.15) is 9.66 Å². The highest BCUT2D eigenvalue weighted by molar-refractivity contribution is 7.91. The molecule has 1 amide bonds. The van der Waals surface area contributed by atoms with Crippen molar-refractivity contribution in [3.05, 3.63) is 48.3 Å². The minimum atomic E-state index is -3.56. The maximum absolute atomic E-state index is 13.3. The molecule has 3 aromatic heterocycles. The van der Waals surface area contributed by atoms with E-state index in [1.54, 1.807) is 12.3 Å². The SMILES string of the molecule is CC(C)n1cc(C(=O)NC2CCC(C#N)CC2)c2cnc(Nc3ccnc(C(C=NS(=O)(=O)C4CC4)=CN)n3)cc21. The van der Waals surface area contributed by atoms with Crippen molar-refractivity contribution in [3.8, 4) is 6.07 Å². The molecule has 214 valence electrons. The number of hydrogen-bond acceptors (Lipinski definition) is 9. The molecule has 13 heteroatoms. The number of amides is 1. The van der Waals surface area contributed by atoms with Crippen molar-refractivity contribution in [1.29, 1.82) is 5.26 Å². The Morgan fingerprint density at radius 3 is 2.61 bits per heavy atom. The first-order valence-electron chi connectivity index (χ1n) is 13.7. The van der Waals surface area contributed by atoms with Gasteiger partial charge < -0.3 is 20.9 Å². The van der Waals surface area contributed by atoms with Crippen LogP contribution in [0.4, 0.5) is 11.6 Å². The summed E-state index contributed by atoms with van der Waals surface area (Å²) in [5.74, 6) is 1.06. The number of carbonyl (C=O) groups is 1. The van der Waals surface area contributed by atoms with E-state index in [0.717, 1.165) is 36.6 Å². The number of carbonyl (C=O) groups excluding carboxylic acids is 1. The molecule has 2 aliphatic carbocycles. The van der Waals surface area contributed by atoms with Gasteiger partial charge in [-0.05, 0) is 58.4 Å². The number of nitrogens with zero attached hydrogens (tertiary/aromatic N) is 6. The Morgan fingerprint density at radius 1 is 1.20 bits per heavy atom. The van der Waals surface area contributed by atoms with E-state index in [1.165, 1.54) is 18.6 Å². The summed E-state index contributed by atoms with van der Waals surface area (Å²) in [5.41, 5.74) is 7.39. The van der Waals surface area contributed by atoms with Gasteiger partial charge in [0.05, 0.1) is 34.2 Å². The first-order valence-corrected chi connectivity index (χ1v) is 15.2. The number of fused-ring (bicyclic) bond motifs is 1. The Balaban J connectivity index is 1.36. The molecule has 2 aliphatic rings. The lowest BCUT2D eigenvalue weighted by atomic mass is 9.87. The van der Waals surface area contributed by atoms with Crippen LogP contribution in [0.25, 0.3) is 16.5 Å². The molecule has 0 aliphatic heterocycles. The molecule has 12 nitrogen and oxygen atoms in total. The zero-order chi connectivity index (χ0) is 29.1. The Kier molecular flexibility index (Phi) is 8.03. The van der Waals surface area contributed by atoms with Gasteiger partial charge in [-0.3, -0.25) is 4.79 Å². The Bertz CT molecular complexity index is 1660. The topological polar surface area (TPSA) is 181 Å². The van der Waals surface area contributed by atoms with Crippen molar-refractivity contribution >= 4 is 50.3 Å². The largest absolute Gasteiger partial charge is 0.404 e. The van der Waals surface area contributed by atoms with Gasteiger partial charge in [-0.25, -0.2) is 23.4 Å². The fraction of sp³-hybridized carbons (Fsp3) is 0.429. The lowest BCUT2D eigenvalue weighted by molar-refractivity contribution is 0.0926. The molecule has 41 heavy (non-hydrogen) atoms. The second-order valence-electron chi connectivity index (χ2n) is 10.7. The predicted octanol–water partition coefficient (Wildman–Crippen LogP) is 3.83. The van der Waals surface area contributed by atoms with Crippen molar-refractivity contribution in [2.45, 2.75) is 69.7 Å². The standard InChI is InChI=1S/C28H33N9O3S/c1-17(2)37-16-23(28(38)34-20-5-3-18(12-29)4-6-20)22-15-32-26(11-24(22)37)35-25-9-10-31-27(36-25)19(13-30)14-33-41(39,40)21-7-8-21/h9-11,13-18,20-21H,3-8,30H2,1-2H3,(H,34,38)(H,31,32,35,36). The number of nitrogens with one attached hydrogen (secondary N) is 2. The first kappa shape index (κ1) is 28.2. The molecule has 3 aromatic rings. The summed E-state index contributed by atoms with van der Waals surface area (Å²) in [7, 11) is -3.56. The molecule has 0 bridgehead atoms. The molecular formula is C28H33N9O3S. The molecule has 0 spiro atoms. The molecule has 0 unspecified atom stereocenters. The number of anilines is 2. The number of rotatable bonds is 9. The van der Waals surface area contributed by atoms with Crippen LogP contribution in [0.5, 0.6) is 0 Å². The number of pyridine rings is 1. The summed E-state index contributed by atoms with van der Waals surface area (Å²) in [6.07, 6.45) is 11.9. The Labute approximate surface area is 238 Å². The van der Waals surface area contributed by atoms with Gasteiger partial charge in [0, 0.05) is 54.2 Å². The fourth-order valence-corrected chi connectivity index (χ4v) is 6.07. The second kappa shape index (κ2) is 11.7. The number of hydrogen-bond donors (Lipinski definition) is 3. The van der Waals surface area contributed by atoms with Crippen LogP contribution in [0.3, 0.4) is 0 Å². The molecular weight excluding hydrogens is 542 g/mol. The maximum atomic E-state index is 13.3. The van der Waals surface area contributed by atoms with Crippen LogP contribution in [-0.2, 0) is 10.0 Å². The van der Waals surface area contributed by atoms with Crippen LogP contribution in [0.15, 0.2) is 41.3 Å². The second-order valence-corrected chi connectivity index (χ2v) is 12.7. The molecule has 0 radical (unpaired) electrons. The summed E-state index contributed by atoms with van der Waals surface area (Å²) < 4.78 is 30.0. The predicted molar refractivity (Wildman–Crippen MR) is 157 cm³/mol. The Hall–Kier alpha value is -4.31. The maximum Gasteiger partial charge on any atom is 0.255 e. The van der Waals surface area contributed by atoms with E-state index in [2.05, 4.69) is 36.1 Å². The van der Waals surface area contributed by atoms with Gasteiger partial charge in [-0.1, -0.05) is 0 Å². The van der Waals surface area contributed by atoms with Crippen LogP contribution in [0.2, 0.25) is 0 Å². The zero-order valence-electron chi connectivity index (χ0n) is 23.0. The number of nitriles is 1. The summed E-state index contributed by atoms with van der Waals surface area (Å²) in [6.45, 7) is 4.08. The fourth-order valence-electron chi connectivity index (χ4n) is 4.91. The Morgan fingerprint density at radius 2 is 1.95 bits per heavy atom. The average Bonchev–Trinajstić information content (AvgIpc) is 3.76.